The largest absolute Gasteiger partial charge is 0.324 e. The van der Waals surface area contributed by atoms with Gasteiger partial charge in [-0.2, -0.15) is 0 Å². The van der Waals surface area contributed by atoms with E-state index in [1.165, 1.54) is 12.8 Å². The van der Waals surface area contributed by atoms with Gasteiger partial charge in [0.2, 0.25) is 10.0 Å². The number of halogens is 1. The van der Waals surface area contributed by atoms with Gasteiger partial charge in [-0.25, -0.2) is 13.1 Å². The van der Waals surface area contributed by atoms with Crippen LogP contribution in [0.25, 0.3) is 0 Å². The summed E-state index contributed by atoms with van der Waals surface area (Å²) >= 11 is 0. The van der Waals surface area contributed by atoms with Crippen LogP contribution in [-0.4, -0.2) is 26.3 Å². The Morgan fingerprint density at radius 3 is 2.12 bits per heavy atom. The lowest BCUT2D eigenvalue weighted by atomic mass is 9.92. The molecule has 0 spiro atoms. The third kappa shape index (κ3) is 5.48. The first kappa shape index (κ1) is 16.2. The highest BCUT2D eigenvalue weighted by Crippen LogP contribution is 2.24. The third-order valence-corrected chi connectivity index (χ3v) is 4.47. The molecule has 1 fully saturated rings. The maximum atomic E-state index is 11.3. The van der Waals surface area contributed by atoms with E-state index in [-0.39, 0.29) is 23.7 Å². The lowest BCUT2D eigenvalue weighted by Crippen LogP contribution is -2.50. The van der Waals surface area contributed by atoms with Gasteiger partial charge in [0.15, 0.2) is 0 Å². The molecule has 98 valence electrons. The van der Waals surface area contributed by atoms with Crippen LogP contribution in [0.2, 0.25) is 0 Å². The molecule has 6 heteroatoms. The van der Waals surface area contributed by atoms with Crippen molar-refractivity contribution in [1.82, 2.24) is 4.72 Å². The summed E-state index contributed by atoms with van der Waals surface area (Å²) in [7, 11) is -3.10. The van der Waals surface area contributed by atoms with Gasteiger partial charge in [-0.05, 0) is 19.8 Å². The maximum absolute atomic E-state index is 11.3. The second-order valence-corrected chi connectivity index (χ2v) is 6.60. The normalized spacial score (nSPS) is 20.9. The average Bonchev–Trinajstić information content (AvgIpc) is 2.42. The average molecular weight is 271 g/mol. The summed E-state index contributed by atoms with van der Waals surface area (Å²) in [4.78, 5) is 0. The smallest absolute Gasteiger partial charge is 0.211 e. The van der Waals surface area contributed by atoms with Crippen molar-refractivity contribution in [2.45, 2.75) is 51.0 Å². The Kier molecular flexibility index (Phi) is 6.86. The van der Waals surface area contributed by atoms with Crippen LogP contribution in [-0.2, 0) is 10.0 Å². The zero-order valence-corrected chi connectivity index (χ0v) is 11.5. The first-order valence-electron chi connectivity index (χ1n) is 5.74. The van der Waals surface area contributed by atoms with E-state index in [0.717, 1.165) is 25.7 Å². The van der Waals surface area contributed by atoms with E-state index in [0.29, 0.717) is 6.54 Å². The molecule has 3 N–H and O–H groups in total. The molecule has 1 aliphatic carbocycles. The molecule has 16 heavy (non-hydrogen) atoms. The minimum Gasteiger partial charge on any atom is -0.324 e. The van der Waals surface area contributed by atoms with Gasteiger partial charge in [0.1, 0.15) is 0 Å². The van der Waals surface area contributed by atoms with E-state index in [1.54, 1.807) is 6.92 Å². The monoisotopic (exact) mass is 270 g/mol. The molecular weight excluding hydrogens is 248 g/mol. The van der Waals surface area contributed by atoms with E-state index >= 15 is 0 Å². The summed E-state index contributed by atoms with van der Waals surface area (Å²) in [5, 5.41) is 0. The summed E-state index contributed by atoms with van der Waals surface area (Å²) in [6.45, 7) is 2.03. The predicted octanol–water partition coefficient (Wildman–Crippen LogP) is 1.40. The zero-order chi connectivity index (χ0) is 11.4. The summed E-state index contributed by atoms with van der Waals surface area (Å²) in [5.74, 6) is 0.128. The van der Waals surface area contributed by atoms with E-state index in [4.69, 9.17) is 5.73 Å². The third-order valence-electron chi connectivity index (χ3n) is 3.12. The Labute approximate surface area is 105 Å². The zero-order valence-electron chi connectivity index (χ0n) is 9.87. The quantitative estimate of drug-likeness (QED) is 0.759. The first-order chi connectivity index (χ1) is 6.97. The van der Waals surface area contributed by atoms with Crippen molar-refractivity contribution in [2.75, 3.05) is 12.3 Å². The summed E-state index contributed by atoms with van der Waals surface area (Å²) in [5.41, 5.74) is 5.87. The second kappa shape index (κ2) is 6.79. The van der Waals surface area contributed by atoms with Crippen molar-refractivity contribution >= 4 is 22.4 Å². The highest BCUT2D eigenvalue weighted by molar-refractivity contribution is 7.89. The molecular formula is C10H23ClN2O2S. The Bertz CT molecular complexity index is 285. The standard InChI is InChI=1S/C10H22N2O2S.ClH/c1-2-15(13,14)12-9-10(11)7-5-3-4-6-8-10;/h12H,2-9,11H2,1H3;1H. The molecule has 0 atom stereocenters. The van der Waals surface area contributed by atoms with Gasteiger partial charge in [0.25, 0.3) is 0 Å². The molecule has 0 amide bonds. The predicted molar refractivity (Wildman–Crippen MR) is 69.3 cm³/mol. The SMILES string of the molecule is CCS(=O)(=O)NCC1(N)CCCCCC1.Cl. The molecule has 0 aromatic carbocycles. The number of nitrogens with one attached hydrogen (secondary N) is 1. The summed E-state index contributed by atoms with van der Waals surface area (Å²) < 4.78 is 25.2. The van der Waals surface area contributed by atoms with Crippen LogP contribution in [0.15, 0.2) is 0 Å². The van der Waals surface area contributed by atoms with Crippen LogP contribution in [0.1, 0.15) is 45.4 Å². The van der Waals surface area contributed by atoms with Gasteiger partial charge >= 0.3 is 0 Å². The van der Waals surface area contributed by atoms with Crippen molar-refractivity contribution < 1.29 is 8.42 Å². The molecule has 0 unspecified atom stereocenters. The Hall–Kier alpha value is 0.160. The fourth-order valence-corrected chi connectivity index (χ4v) is 2.68. The molecule has 4 nitrogen and oxygen atoms in total. The van der Waals surface area contributed by atoms with E-state index in [1.807, 2.05) is 0 Å². The first-order valence-corrected chi connectivity index (χ1v) is 7.39. The Balaban J connectivity index is 0.00000225. The van der Waals surface area contributed by atoms with Gasteiger partial charge in [-0.1, -0.05) is 25.7 Å². The van der Waals surface area contributed by atoms with Crippen LogP contribution < -0.4 is 10.5 Å². The summed E-state index contributed by atoms with van der Waals surface area (Å²) in [6, 6.07) is 0. The van der Waals surface area contributed by atoms with Crippen molar-refractivity contribution in [3.05, 3.63) is 0 Å². The van der Waals surface area contributed by atoms with Crippen LogP contribution in [0.5, 0.6) is 0 Å². The molecule has 0 saturated heterocycles. The van der Waals surface area contributed by atoms with Gasteiger partial charge in [0.05, 0.1) is 5.75 Å². The van der Waals surface area contributed by atoms with Crippen LogP contribution in [0.3, 0.4) is 0 Å². The molecule has 1 saturated carbocycles. The highest BCUT2D eigenvalue weighted by atomic mass is 35.5. The fourth-order valence-electron chi connectivity index (χ4n) is 1.97. The molecule has 0 aromatic rings. The van der Waals surface area contributed by atoms with E-state index in [9.17, 15) is 8.42 Å². The van der Waals surface area contributed by atoms with E-state index < -0.39 is 10.0 Å². The minimum atomic E-state index is -3.10. The number of sulfonamides is 1. The fraction of sp³-hybridized carbons (Fsp3) is 1.00. The van der Waals surface area contributed by atoms with Crippen molar-refractivity contribution in [2.24, 2.45) is 5.73 Å². The highest BCUT2D eigenvalue weighted by Gasteiger charge is 2.27. The van der Waals surface area contributed by atoms with Gasteiger partial charge in [-0.3, -0.25) is 0 Å². The molecule has 0 radical (unpaired) electrons. The number of nitrogens with two attached hydrogens (primary N) is 1. The van der Waals surface area contributed by atoms with Gasteiger partial charge in [0, 0.05) is 12.1 Å². The molecule has 0 aromatic heterocycles. The Morgan fingerprint density at radius 1 is 1.19 bits per heavy atom. The molecule has 0 aliphatic heterocycles. The number of rotatable bonds is 4. The Morgan fingerprint density at radius 2 is 1.69 bits per heavy atom. The molecule has 0 heterocycles. The van der Waals surface area contributed by atoms with Gasteiger partial charge < -0.3 is 5.73 Å². The van der Waals surface area contributed by atoms with Crippen molar-refractivity contribution in [3.63, 3.8) is 0 Å². The number of hydrogen-bond donors (Lipinski definition) is 2. The maximum Gasteiger partial charge on any atom is 0.211 e. The topological polar surface area (TPSA) is 72.2 Å². The molecule has 0 bridgehead atoms. The van der Waals surface area contributed by atoms with E-state index in [2.05, 4.69) is 4.72 Å². The molecule has 1 rings (SSSR count). The van der Waals surface area contributed by atoms with Crippen molar-refractivity contribution in [3.8, 4) is 0 Å². The van der Waals surface area contributed by atoms with Crippen LogP contribution in [0.4, 0.5) is 0 Å². The lowest BCUT2D eigenvalue weighted by molar-refractivity contribution is 0.369. The van der Waals surface area contributed by atoms with Crippen LogP contribution in [0, 0.1) is 0 Å². The van der Waals surface area contributed by atoms with Gasteiger partial charge in [-0.15, -0.1) is 12.4 Å². The minimum absolute atomic E-state index is 0. The molecule has 1 aliphatic rings. The lowest BCUT2D eigenvalue weighted by Gasteiger charge is -2.28. The summed E-state index contributed by atoms with van der Waals surface area (Å²) in [6.07, 6.45) is 6.53. The van der Waals surface area contributed by atoms with Crippen LogP contribution >= 0.6 is 12.4 Å². The number of hydrogen-bond acceptors (Lipinski definition) is 3. The van der Waals surface area contributed by atoms with Crippen molar-refractivity contribution in [1.29, 1.82) is 0 Å². The second-order valence-electron chi connectivity index (χ2n) is 4.50.